The lowest BCUT2D eigenvalue weighted by Crippen LogP contribution is -2.65. The monoisotopic (exact) mass is 854 g/mol. The van der Waals surface area contributed by atoms with Gasteiger partial charge in [0.05, 0.1) is 36.6 Å². The zero-order valence-corrected chi connectivity index (χ0v) is 32.9. The van der Waals surface area contributed by atoms with Gasteiger partial charge in [0.15, 0.2) is 0 Å². The van der Waals surface area contributed by atoms with Crippen LogP contribution in [0.5, 0.6) is 5.75 Å². The normalized spacial score (nSPS) is 32.4. The molecule has 3 aliphatic rings. The van der Waals surface area contributed by atoms with Crippen LogP contribution in [-0.4, -0.2) is 198 Å². The summed E-state index contributed by atoms with van der Waals surface area (Å²) < 4.78 is 0. The van der Waals surface area contributed by atoms with Crippen molar-refractivity contribution in [2.45, 2.75) is 118 Å². The summed E-state index contributed by atoms with van der Waals surface area (Å²) in [5, 5.41) is 99.2. The van der Waals surface area contributed by atoms with Crippen LogP contribution in [0.3, 0.4) is 0 Å². The Kier molecular flexibility index (Phi) is 17.0. The summed E-state index contributed by atoms with van der Waals surface area (Å²) >= 11 is 0. The number of aliphatic hydroxyl groups is 7. The number of nitrogens with zero attached hydrogens (tertiary/aromatic N) is 2. The van der Waals surface area contributed by atoms with E-state index >= 15 is 0 Å². The minimum Gasteiger partial charge on any atom is -0.508 e. The molecular formula is C36H58N10O14. The molecule has 0 aromatic heterocycles. The Labute approximate surface area is 344 Å². The number of phenolic OH excluding ortho intramolecular Hbond substituents is 1. The van der Waals surface area contributed by atoms with Crippen LogP contribution in [0.4, 0.5) is 0 Å². The summed E-state index contributed by atoms with van der Waals surface area (Å²) in [6.45, 7) is 0.147. The highest BCUT2D eigenvalue weighted by atomic mass is 16.3. The molecule has 6 amide bonds. The largest absolute Gasteiger partial charge is 0.508 e. The Morgan fingerprint density at radius 3 is 2.00 bits per heavy atom. The molecule has 3 aliphatic heterocycles. The smallest absolute Gasteiger partial charge is 0.248 e. The van der Waals surface area contributed by atoms with Crippen molar-refractivity contribution >= 4 is 35.4 Å². The molecule has 1 aromatic carbocycles. The standard InChI is InChI=1S/C36H58N10O14/c1-15(47)24-35(59)46-14-18(49)12-20(46)32(56)43-26(29(54)28(53)16-2-4-17(48)5-3-16)33(57)42-25(21(50)6-8-37)36(60)45-11-7-22(51)27(45)34(58)44-30(40-10-9-38)23(52)13-19(39)31(55)41-24/h2-5,15,18-30,40,47-54H,6-14,37-39H2,1H3,(H,41,55)(H,42,57)(H,43,56)(H,44,58)/t15?,18?,19-,20-,21?,22?,23?,24-,25-,26-,27-,28?,29-,30?/m0/s1. The summed E-state index contributed by atoms with van der Waals surface area (Å²) in [6, 6.07) is -6.10. The maximum Gasteiger partial charge on any atom is 0.248 e. The van der Waals surface area contributed by atoms with E-state index in [1.54, 1.807) is 0 Å². The van der Waals surface area contributed by atoms with Gasteiger partial charge in [-0.25, -0.2) is 0 Å². The summed E-state index contributed by atoms with van der Waals surface area (Å²) in [6.07, 6.45) is -15.0. The second-order valence-corrected chi connectivity index (χ2v) is 15.2. The molecule has 336 valence electrons. The number of phenols is 1. The van der Waals surface area contributed by atoms with Crippen molar-refractivity contribution in [1.82, 2.24) is 36.4 Å². The minimum absolute atomic E-state index is 0.00135. The number of benzene rings is 1. The molecule has 19 N–H and O–H groups in total. The van der Waals surface area contributed by atoms with Crippen molar-refractivity contribution in [1.29, 1.82) is 0 Å². The van der Waals surface area contributed by atoms with Gasteiger partial charge in [0.2, 0.25) is 35.4 Å². The Morgan fingerprint density at radius 2 is 1.38 bits per heavy atom. The van der Waals surface area contributed by atoms with Gasteiger partial charge in [0.1, 0.15) is 54.3 Å². The summed E-state index contributed by atoms with van der Waals surface area (Å²) in [4.78, 5) is 85.4. The Morgan fingerprint density at radius 1 is 0.767 bits per heavy atom. The molecule has 60 heavy (non-hydrogen) atoms. The lowest BCUT2D eigenvalue weighted by atomic mass is 9.96. The van der Waals surface area contributed by atoms with Crippen molar-refractivity contribution < 1.29 is 69.6 Å². The number of nitrogens with two attached hydrogens (primary N) is 3. The molecule has 0 bridgehead atoms. The first-order chi connectivity index (χ1) is 28.3. The quantitative estimate of drug-likeness (QED) is 0.104. The number of aliphatic hydroxyl groups excluding tert-OH is 7. The fourth-order valence-electron chi connectivity index (χ4n) is 7.43. The van der Waals surface area contributed by atoms with Crippen LogP contribution in [0, 0.1) is 0 Å². The second-order valence-electron chi connectivity index (χ2n) is 15.2. The van der Waals surface area contributed by atoms with Gasteiger partial charge in [-0.1, -0.05) is 12.1 Å². The van der Waals surface area contributed by atoms with Crippen molar-refractivity contribution in [2.24, 2.45) is 17.2 Å². The number of carbonyl (C=O) groups is 6. The van der Waals surface area contributed by atoms with Crippen molar-refractivity contribution in [3.05, 3.63) is 29.8 Å². The number of fused-ring (bicyclic) bond motifs is 2. The number of hydrogen-bond donors (Lipinski definition) is 16. The topological polar surface area (TPSA) is 409 Å². The fraction of sp³-hybridized carbons (Fsp3) is 0.667. The van der Waals surface area contributed by atoms with Crippen LogP contribution in [-0.2, 0) is 28.8 Å². The molecule has 0 saturated carbocycles. The second kappa shape index (κ2) is 21.3. The number of aromatic hydroxyl groups is 1. The first-order valence-corrected chi connectivity index (χ1v) is 19.6. The van der Waals surface area contributed by atoms with Crippen molar-refractivity contribution in [2.75, 3.05) is 32.7 Å². The van der Waals surface area contributed by atoms with E-state index < -0.39 is 140 Å². The van der Waals surface area contributed by atoms with Crippen LogP contribution in [0.25, 0.3) is 0 Å². The average Bonchev–Trinajstić information content (AvgIpc) is 3.80. The van der Waals surface area contributed by atoms with Gasteiger partial charge in [-0.2, -0.15) is 0 Å². The summed E-state index contributed by atoms with van der Waals surface area (Å²) in [5.41, 5.74) is 17.4. The van der Waals surface area contributed by atoms with E-state index in [-0.39, 0.29) is 50.3 Å². The van der Waals surface area contributed by atoms with Crippen molar-refractivity contribution in [3.8, 4) is 5.75 Å². The molecule has 14 atom stereocenters. The number of nitrogens with one attached hydrogen (secondary N) is 5. The van der Waals surface area contributed by atoms with Crippen LogP contribution >= 0.6 is 0 Å². The Balaban J connectivity index is 1.84. The first kappa shape index (κ1) is 48.1. The molecule has 0 aliphatic carbocycles. The van der Waals surface area contributed by atoms with E-state index in [1.165, 1.54) is 24.3 Å². The summed E-state index contributed by atoms with van der Waals surface area (Å²) in [7, 11) is 0. The van der Waals surface area contributed by atoms with Gasteiger partial charge in [0.25, 0.3) is 0 Å². The molecule has 0 spiro atoms. The van der Waals surface area contributed by atoms with Gasteiger partial charge >= 0.3 is 0 Å². The third kappa shape index (κ3) is 11.4. The molecule has 0 radical (unpaired) electrons. The van der Waals surface area contributed by atoms with Crippen LogP contribution in [0.1, 0.15) is 44.3 Å². The number of carbonyl (C=O) groups excluding carboxylic acids is 6. The zero-order valence-electron chi connectivity index (χ0n) is 32.9. The molecule has 1 aromatic rings. The third-order valence-electron chi connectivity index (χ3n) is 10.7. The highest BCUT2D eigenvalue weighted by Gasteiger charge is 2.48. The minimum atomic E-state index is -2.25. The third-order valence-corrected chi connectivity index (χ3v) is 10.7. The van der Waals surface area contributed by atoms with Gasteiger partial charge in [-0.05, 0) is 44.0 Å². The zero-order chi connectivity index (χ0) is 44.6. The summed E-state index contributed by atoms with van der Waals surface area (Å²) in [5.74, 6) is -7.04. The Hall–Kier alpha value is -4.60. The molecule has 3 heterocycles. The Bertz CT molecular complexity index is 1680. The maximum absolute atomic E-state index is 14.3. The van der Waals surface area contributed by atoms with Crippen LogP contribution in [0.15, 0.2) is 24.3 Å². The van der Waals surface area contributed by atoms with Gasteiger partial charge in [-0.15, -0.1) is 0 Å². The van der Waals surface area contributed by atoms with Crippen LogP contribution < -0.4 is 43.8 Å². The lowest BCUT2D eigenvalue weighted by Gasteiger charge is -2.35. The van der Waals surface area contributed by atoms with Gasteiger partial charge in [0, 0.05) is 39.0 Å². The predicted octanol–water partition coefficient (Wildman–Crippen LogP) is -8.66. The molecule has 7 unspecified atom stereocenters. The van der Waals surface area contributed by atoms with E-state index in [9.17, 15) is 69.6 Å². The number of rotatable bonds is 10. The lowest BCUT2D eigenvalue weighted by molar-refractivity contribution is -0.148. The van der Waals surface area contributed by atoms with E-state index in [2.05, 4.69) is 26.6 Å². The van der Waals surface area contributed by atoms with Gasteiger partial charge < -0.3 is 89.1 Å². The number of hydrogen-bond acceptors (Lipinski definition) is 18. The van der Waals surface area contributed by atoms with Crippen molar-refractivity contribution in [3.63, 3.8) is 0 Å². The van der Waals surface area contributed by atoms with Crippen LogP contribution in [0.2, 0.25) is 0 Å². The molecule has 24 nitrogen and oxygen atoms in total. The molecule has 3 fully saturated rings. The van der Waals surface area contributed by atoms with E-state index in [0.29, 0.717) is 0 Å². The predicted molar refractivity (Wildman–Crippen MR) is 206 cm³/mol. The van der Waals surface area contributed by atoms with E-state index in [4.69, 9.17) is 17.2 Å². The first-order valence-electron chi connectivity index (χ1n) is 19.6. The molecule has 24 heteroatoms. The average molecular weight is 855 g/mol. The molecule has 3 saturated heterocycles. The highest BCUT2D eigenvalue weighted by Crippen LogP contribution is 2.26. The highest BCUT2D eigenvalue weighted by molar-refractivity contribution is 5.98. The van der Waals surface area contributed by atoms with Gasteiger partial charge in [-0.3, -0.25) is 34.1 Å². The molecular weight excluding hydrogens is 796 g/mol. The maximum atomic E-state index is 14.3. The number of amides is 6. The fourth-order valence-corrected chi connectivity index (χ4v) is 7.43. The van der Waals surface area contributed by atoms with E-state index in [0.717, 1.165) is 16.7 Å². The van der Waals surface area contributed by atoms with E-state index in [1.807, 2.05) is 0 Å². The molecule has 4 rings (SSSR count). The SMILES string of the molecule is CC(O)[C@@H]1NC(=O)[C@@H](N)CC(O)C(NCCN)NC(=O)[C@@H]2C(O)CCN2C(=O)[C@H](C(O)CCN)NC(=O)[C@H]([C@H](O)C(O)c2ccc(O)cc2)NC(=O)[C@@H]2CC(O)CN2C1=O.